The molecule has 1 saturated heterocycles. The molecule has 10 nitrogen and oxygen atoms in total. The van der Waals surface area contributed by atoms with Crippen molar-refractivity contribution in [3.05, 3.63) is 65.3 Å². The van der Waals surface area contributed by atoms with Crippen molar-refractivity contribution in [3.8, 4) is 0 Å². The van der Waals surface area contributed by atoms with Gasteiger partial charge in [0.15, 0.2) is 5.58 Å². The number of rotatable bonds is 7. The number of oxazole rings is 1. The molecule has 2 aliphatic rings. The van der Waals surface area contributed by atoms with E-state index in [9.17, 15) is 24.3 Å². The van der Waals surface area contributed by atoms with Crippen molar-refractivity contribution in [2.45, 2.75) is 25.5 Å². The molecule has 1 aromatic carbocycles. The second kappa shape index (κ2) is 8.55. The normalized spacial score (nSPS) is 20.3. The number of hydrogen-bond acceptors (Lipinski definition) is 8. The van der Waals surface area contributed by atoms with Gasteiger partial charge in [0, 0.05) is 0 Å². The zero-order valence-electron chi connectivity index (χ0n) is 17.9. The number of nitrogens with zero attached hydrogens (tertiary/aromatic N) is 2. The van der Waals surface area contributed by atoms with Crippen LogP contribution in [0.3, 0.4) is 0 Å². The summed E-state index contributed by atoms with van der Waals surface area (Å²) in [5.74, 6) is -2.64. The molecule has 1 N–H and O–H groups in total. The van der Waals surface area contributed by atoms with E-state index in [2.05, 4.69) is 13.2 Å². The molecule has 4 rings (SSSR count). The molecule has 1 fully saturated rings. The van der Waals surface area contributed by atoms with Gasteiger partial charge in [0.05, 0.1) is 18.1 Å². The molecule has 0 unspecified atom stereocenters. The average Bonchev–Trinajstić information content (AvgIpc) is 3.29. The van der Waals surface area contributed by atoms with Gasteiger partial charge in [-0.3, -0.25) is 4.79 Å². The molecule has 33 heavy (non-hydrogen) atoms. The molecule has 2 aliphatic heterocycles. The Morgan fingerprint density at radius 3 is 2.61 bits per heavy atom. The van der Waals surface area contributed by atoms with Gasteiger partial charge in [-0.25, -0.2) is 14.4 Å². The van der Waals surface area contributed by atoms with Crippen LogP contribution in [0.5, 0.6) is 0 Å². The van der Waals surface area contributed by atoms with Crippen molar-refractivity contribution >= 4 is 34.6 Å². The average molecular weight is 454 g/mol. The number of ether oxygens (including phenoxy) is 2. The zero-order valence-corrected chi connectivity index (χ0v) is 17.9. The number of amides is 1. The number of β-lactam (4-membered cyclic amide) rings is 1. The number of carbonyl (C=O) groups excluding carboxylic acids is 3. The fraction of sp³-hybridized carbons (Fsp3) is 0.304. The largest absolute Gasteiger partial charge is 0.457 e. The maximum Gasteiger partial charge on any atom is 0.429 e. The SMILES string of the molecule is C=CCOC(=O)C1=C(c2ccc3oc(=O)n(C(=O)OCC=C)c3c2)C[C@@H]2[C@@H]([C@@H](C)O)C(=O)N12. The highest BCUT2D eigenvalue weighted by atomic mass is 16.6. The highest BCUT2D eigenvalue weighted by Gasteiger charge is 2.57. The molecule has 10 heteroatoms. The van der Waals surface area contributed by atoms with Gasteiger partial charge in [0.1, 0.15) is 24.4 Å². The van der Waals surface area contributed by atoms with Crippen LogP contribution >= 0.6 is 0 Å². The summed E-state index contributed by atoms with van der Waals surface area (Å²) in [5, 5.41) is 10.0. The van der Waals surface area contributed by atoms with Gasteiger partial charge in [-0.15, -0.1) is 0 Å². The summed E-state index contributed by atoms with van der Waals surface area (Å²) < 4.78 is 16.0. The lowest BCUT2D eigenvalue weighted by Crippen LogP contribution is -2.61. The number of fused-ring (bicyclic) bond motifs is 2. The van der Waals surface area contributed by atoms with Gasteiger partial charge in [-0.2, -0.15) is 4.57 Å². The zero-order chi connectivity index (χ0) is 23.9. The molecule has 3 heterocycles. The summed E-state index contributed by atoms with van der Waals surface area (Å²) >= 11 is 0. The van der Waals surface area contributed by atoms with Crippen molar-refractivity contribution in [3.63, 3.8) is 0 Å². The Balaban J connectivity index is 1.81. The minimum atomic E-state index is -0.935. The Morgan fingerprint density at radius 2 is 1.94 bits per heavy atom. The third-order valence-corrected chi connectivity index (χ3v) is 5.69. The standard InChI is InChI=1S/C23H22N2O8/c1-4-8-31-21(28)19-14(11-16-18(12(3)26)20(27)24(16)19)13-6-7-17-15(10-13)25(23(30)33-17)22(29)32-9-5-2/h4-7,10,12,16,18,26H,1-2,8-9,11H2,3H3/t12-,16-,18-/m1/s1. The van der Waals surface area contributed by atoms with Gasteiger partial charge in [0.2, 0.25) is 5.91 Å². The van der Waals surface area contributed by atoms with E-state index in [1.54, 1.807) is 6.07 Å². The first-order valence-electron chi connectivity index (χ1n) is 10.3. The number of aromatic nitrogens is 1. The monoisotopic (exact) mass is 454 g/mol. The first-order valence-corrected chi connectivity index (χ1v) is 10.3. The molecular formula is C23H22N2O8. The maximum atomic E-state index is 12.8. The minimum Gasteiger partial charge on any atom is -0.457 e. The minimum absolute atomic E-state index is 0.0441. The molecule has 0 spiro atoms. The lowest BCUT2D eigenvalue weighted by atomic mass is 9.82. The van der Waals surface area contributed by atoms with E-state index in [0.717, 1.165) is 4.57 Å². The fourth-order valence-electron chi connectivity index (χ4n) is 4.29. The number of carbonyl (C=O) groups is 3. The van der Waals surface area contributed by atoms with E-state index in [4.69, 9.17) is 13.9 Å². The maximum absolute atomic E-state index is 12.8. The molecule has 172 valence electrons. The predicted octanol–water partition coefficient (Wildman–Crippen LogP) is 1.82. The van der Waals surface area contributed by atoms with Crippen LogP contribution in [0.2, 0.25) is 0 Å². The lowest BCUT2D eigenvalue weighted by molar-refractivity contribution is -0.162. The van der Waals surface area contributed by atoms with Gasteiger partial charge in [-0.05, 0) is 36.6 Å². The fourth-order valence-corrected chi connectivity index (χ4v) is 4.29. The second-order valence-corrected chi connectivity index (χ2v) is 7.71. The third kappa shape index (κ3) is 3.58. The van der Waals surface area contributed by atoms with Crippen molar-refractivity contribution in [1.82, 2.24) is 9.47 Å². The van der Waals surface area contributed by atoms with Crippen LogP contribution in [-0.4, -0.2) is 57.9 Å². The summed E-state index contributed by atoms with van der Waals surface area (Å²) in [6, 6.07) is 4.22. The van der Waals surface area contributed by atoms with Crippen LogP contribution < -0.4 is 5.76 Å². The topological polar surface area (TPSA) is 128 Å². The smallest absolute Gasteiger partial charge is 0.429 e. The van der Waals surface area contributed by atoms with Crippen molar-refractivity contribution < 1.29 is 33.4 Å². The van der Waals surface area contributed by atoms with Crippen molar-refractivity contribution in [1.29, 1.82) is 0 Å². The van der Waals surface area contributed by atoms with E-state index >= 15 is 0 Å². The molecule has 3 atom stereocenters. The van der Waals surface area contributed by atoms with Crippen LogP contribution in [0, 0.1) is 5.92 Å². The molecule has 0 radical (unpaired) electrons. The van der Waals surface area contributed by atoms with Gasteiger partial charge in [-0.1, -0.05) is 31.4 Å². The van der Waals surface area contributed by atoms with Crippen LogP contribution in [-0.2, 0) is 19.1 Å². The van der Waals surface area contributed by atoms with Gasteiger partial charge >= 0.3 is 17.8 Å². The van der Waals surface area contributed by atoms with E-state index in [0.29, 0.717) is 11.1 Å². The Labute approximate surface area is 188 Å². The summed E-state index contributed by atoms with van der Waals surface area (Å²) in [6.45, 7) is 8.37. The highest BCUT2D eigenvalue weighted by molar-refractivity contribution is 6.07. The van der Waals surface area contributed by atoms with Crippen LogP contribution in [0.4, 0.5) is 4.79 Å². The number of aliphatic hydroxyl groups excluding tert-OH is 1. The quantitative estimate of drug-likeness (QED) is 0.381. The molecule has 1 amide bonds. The van der Waals surface area contributed by atoms with Gasteiger partial charge < -0.3 is 23.9 Å². The lowest BCUT2D eigenvalue weighted by Gasteiger charge is -2.44. The summed E-state index contributed by atoms with van der Waals surface area (Å²) in [5.41, 5.74) is 1.34. The Hall–Kier alpha value is -3.92. The summed E-state index contributed by atoms with van der Waals surface area (Å²) in [4.78, 5) is 51.4. The first kappa shape index (κ1) is 22.3. The Kier molecular flexibility index (Phi) is 5.77. The molecule has 1 aromatic heterocycles. The van der Waals surface area contributed by atoms with E-state index in [1.807, 2.05) is 0 Å². The Morgan fingerprint density at radius 1 is 1.24 bits per heavy atom. The number of esters is 1. The van der Waals surface area contributed by atoms with Crippen LogP contribution in [0.1, 0.15) is 18.9 Å². The number of aliphatic hydroxyl groups is 1. The first-order chi connectivity index (χ1) is 15.8. The molecule has 0 saturated carbocycles. The summed E-state index contributed by atoms with van der Waals surface area (Å²) in [6.07, 6.45) is 1.24. The third-order valence-electron chi connectivity index (χ3n) is 5.69. The van der Waals surface area contributed by atoms with Crippen molar-refractivity contribution in [2.75, 3.05) is 13.2 Å². The van der Waals surface area contributed by atoms with E-state index < -0.39 is 35.9 Å². The van der Waals surface area contributed by atoms with E-state index in [1.165, 1.54) is 36.1 Å². The number of hydrogen-bond donors (Lipinski definition) is 1. The molecule has 0 aliphatic carbocycles. The molecular weight excluding hydrogens is 432 g/mol. The molecule has 0 bridgehead atoms. The van der Waals surface area contributed by atoms with Crippen LogP contribution in [0.25, 0.3) is 16.7 Å². The van der Waals surface area contributed by atoms with Gasteiger partial charge in [0.25, 0.3) is 0 Å². The number of benzene rings is 1. The Bertz CT molecular complexity index is 1260. The predicted molar refractivity (Wildman–Crippen MR) is 116 cm³/mol. The summed E-state index contributed by atoms with van der Waals surface area (Å²) in [7, 11) is 0. The van der Waals surface area contributed by atoms with Crippen LogP contribution in [0.15, 0.2) is 58.4 Å². The second-order valence-electron chi connectivity index (χ2n) is 7.71. The molecule has 2 aromatic rings. The van der Waals surface area contributed by atoms with Crippen molar-refractivity contribution in [2.24, 2.45) is 5.92 Å². The van der Waals surface area contributed by atoms with E-state index in [-0.39, 0.29) is 42.3 Å². The highest BCUT2D eigenvalue weighted by Crippen LogP contribution is 2.47.